The lowest BCUT2D eigenvalue weighted by atomic mass is 10.2. The summed E-state index contributed by atoms with van der Waals surface area (Å²) in [5.41, 5.74) is 0. The summed E-state index contributed by atoms with van der Waals surface area (Å²) in [5.74, 6) is 0.555. The Bertz CT molecular complexity index is 523. The summed E-state index contributed by atoms with van der Waals surface area (Å²) in [6, 6.07) is 1.60. The molecule has 0 unspecified atom stereocenters. The third-order valence-electron chi connectivity index (χ3n) is 2.83. The van der Waals surface area contributed by atoms with Crippen molar-refractivity contribution in [2.24, 2.45) is 11.8 Å². The van der Waals surface area contributed by atoms with Crippen molar-refractivity contribution < 1.29 is 13.5 Å². The quantitative estimate of drug-likeness (QED) is 0.841. The first-order chi connectivity index (χ1) is 9.18. The van der Waals surface area contributed by atoms with E-state index in [1.807, 2.05) is 27.7 Å². The van der Waals surface area contributed by atoms with Crippen LogP contribution >= 0.6 is 11.3 Å². The van der Waals surface area contributed by atoms with Gasteiger partial charge in [-0.2, -0.15) is 4.31 Å². The predicted octanol–water partition coefficient (Wildman–Crippen LogP) is 2.85. The van der Waals surface area contributed by atoms with Crippen molar-refractivity contribution in [1.29, 1.82) is 0 Å². The van der Waals surface area contributed by atoms with Crippen LogP contribution in [0.3, 0.4) is 0 Å². The molecule has 1 N–H and O–H groups in total. The van der Waals surface area contributed by atoms with Gasteiger partial charge < -0.3 is 5.11 Å². The second kappa shape index (κ2) is 7.02. The van der Waals surface area contributed by atoms with Crippen molar-refractivity contribution in [2.75, 3.05) is 13.1 Å². The zero-order valence-corrected chi connectivity index (χ0v) is 14.5. The molecule has 0 aliphatic rings. The maximum Gasteiger partial charge on any atom is 0.244 e. The first-order valence-corrected chi connectivity index (χ1v) is 9.14. The summed E-state index contributed by atoms with van der Waals surface area (Å²) in [5, 5.41) is 9.17. The summed E-state index contributed by atoms with van der Waals surface area (Å²) >= 11 is 1.34. The number of sulfonamides is 1. The Morgan fingerprint density at radius 3 is 2.05 bits per heavy atom. The molecule has 1 rings (SSSR count). The lowest BCUT2D eigenvalue weighted by Crippen LogP contribution is -2.37. The topological polar surface area (TPSA) is 57.6 Å². The monoisotopic (exact) mass is 319 g/mol. The van der Waals surface area contributed by atoms with E-state index in [2.05, 4.69) is 0 Å². The highest BCUT2D eigenvalue weighted by molar-refractivity contribution is 7.89. The van der Waals surface area contributed by atoms with Gasteiger partial charge in [-0.3, -0.25) is 0 Å². The molecule has 0 saturated heterocycles. The number of thiophene rings is 1. The van der Waals surface area contributed by atoms with Crippen LogP contribution in [0.15, 0.2) is 11.0 Å². The SMILES string of the molecule is Cc1sc(CO)cc1S(=O)(=O)N(CC(C)C)CC(C)C. The Morgan fingerprint density at radius 2 is 1.70 bits per heavy atom. The normalized spacial score (nSPS) is 12.8. The van der Waals surface area contributed by atoms with Crippen LogP contribution in [0, 0.1) is 18.8 Å². The highest BCUT2D eigenvalue weighted by atomic mass is 32.2. The molecule has 20 heavy (non-hydrogen) atoms. The van der Waals surface area contributed by atoms with E-state index in [-0.39, 0.29) is 18.4 Å². The van der Waals surface area contributed by atoms with Gasteiger partial charge in [0.2, 0.25) is 10.0 Å². The zero-order chi connectivity index (χ0) is 15.5. The molecule has 0 fully saturated rings. The average Bonchev–Trinajstić information content (AvgIpc) is 2.69. The number of hydrogen-bond acceptors (Lipinski definition) is 4. The van der Waals surface area contributed by atoms with E-state index < -0.39 is 10.0 Å². The molecule has 0 spiro atoms. The molecule has 0 saturated carbocycles. The Kier molecular flexibility index (Phi) is 6.19. The minimum atomic E-state index is -3.48. The van der Waals surface area contributed by atoms with Crippen molar-refractivity contribution in [3.8, 4) is 0 Å². The molecule has 1 heterocycles. The van der Waals surface area contributed by atoms with Crippen molar-refractivity contribution in [3.05, 3.63) is 15.8 Å². The van der Waals surface area contributed by atoms with E-state index in [1.165, 1.54) is 11.3 Å². The van der Waals surface area contributed by atoms with Gasteiger partial charge in [-0.25, -0.2) is 8.42 Å². The molecule has 0 amide bonds. The standard InChI is InChI=1S/C14H25NO3S2/c1-10(2)7-15(8-11(3)4)20(17,18)14-6-13(9-16)19-12(14)5/h6,10-11,16H,7-9H2,1-5H3. The molecule has 0 bridgehead atoms. The van der Waals surface area contributed by atoms with E-state index in [1.54, 1.807) is 17.3 Å². The lowest BCUT2D eigenvalue weighted by molar-refractivity contribution is 0.285. The predicted molar refractivity (Wildman–Crippen MR) is 83.4 cm³/mol. The number of nitrogens with zero attached hydrogens (tertiary/aromatic N) is 1. The van der Waals surface area contributed by atoms with Crippen LogP contribution in [0.2, 0.25) is 0 Å². The largest absolute Gasteiger partial charge is 0.391 e. The van der Waals surface area contributed by atoms with Crippen LogP contribution < -0.4 is 0 Å². The number of aliphatic hydroxyl groups excluding tert-OH is 1. The van der Waals surface area contributed by atoms with Crippen LogP contribution in [0.5, 0.6) is 0 Å². The van der Waals surface area contributed by atoms with Gasteiger partial charge in [0.05, 0.1) is 11.5 Å². The Hall–Kier alpha value is -0.430. The van der Waals surface area contributed by atoms with Crippen molar-refractivity contribution >= 4 is 21.4 Å². The van der Waals surface area contributed by atoms with E-state index in [9.17, 15) is 13.5 Å². The fourth-order valence-corrected chi connectivity index (χ4v) is 5.31. The third-order valence-corrected chi connectivity index (χ3v) is 5.96. The van der Waals surface area contributed by atoms with Crippen LogP contribution in [-0.4, -0.2) is 30.9 Å². The molecule has 0 radical (unpaired) electrons. The first-order valence-electron chi connectivity index (χ1n) is 6.88. The molecular weight excluding hydrogens is 294 g/mol. The number of aryl methyl sites for hydroxylation is 1. The van der Waals surface area contributed by atoms with Crippen LogP contribution in [0.1, 0.15) is 37.4 Å². The van der Waals surface area contributed by atoms with E-state index in [0.717, 1.165) is 4.88 Å². The molecule has 116 valence electrons. The van der Waals surface area contributed by atoms with Gasteiger partial charge in [0.1, 0.15) is 0 Å². The third kappa shape index (κ3) is 4.28. The fraction of sp³-hybridized carbons (Fsp3) is 0.714. The van der Waals surface area contributed by atoms with Crippen LogP contribution in [0.4, 0.5) is 0 Å². The maximum absolute atomic E-state index is 12.8. The molecule has 4 nitrogen and oxygen atoms in total. The summed E-state index contributed by atoms with van der Waals surface area (Å²) < 4.78 is 27.2. The first kappa shape index (κ1) is 17.6. The smallest absolute Gasteiger partial charge is 0.244 e. The Balaban J connectivity index is 3.17. The van der Waals surface area contributed by atoms with Crippen LogP contribution in [-0.2, 0) is 16.6 Å². The molecule has 1 aromatic rings. The maximum atomic E-state index is 12.8. The second-order valence-electron chi connectivity index (χ2n) is 5.90. The molecule has 0 aliphatic heterocycles. The van der Waals surface area contributed by atoms with Crippen molar-refractivity contribution in [2.45, 2.75) is 46.1 Å². The van der Waals surface area contributed by atoms with Crippen LogP contribution in [0.25, 0.3) is 0 Å². The summed E-state index contributed by atoms with van der Waals surface area (Å²) in [6.45, 7) is 10.8. The van der Waals surface area contributed by atoms with Gasteiger partial charge in [-0.15, -0.1) is 11.3 Å². The van der Waals surface area contributed by atoms with Gasteiger partial charge in [0, 0.05) is 22.8 Å². The summed E-state index contributed by atoms with van der Waals surface area (Å²) in [7, 11) is -3.48. The highest BCUT2D eigenvalue weighted by Gasteiger charge is 2.28. The second-order valence-corrected chi connectivity index (χ2v) is 9.15. The Labute approximate surface area is 126 Å². The summed E-state index contributed by atoms with van der Waals surface area (Å²) in [6.07, 6.45) is 0. The molecule has 6 heteroatoms. The molecular formula is C14H25NO3S2. The molecule has 1 aromatic heterocycles. The number of hydrogen-bond donors (Lipinski definition) is 1. The zero-order valence-electron chi connectivity index (χ0n) is 12.9. The molecule has 0 aromatic carbocycles. The summed E-state index contributed by atoms with van der Waals surface area (Å²) in [4.78, 5) is 1.77. The lowest BCUT2D eigenvalue weighted by Gasteiger charge is -2.25. The van der Waals surface area contributed by atoms with Gasteiger partial charge >= 0.3 is 0 Å². The van der Waals surface area contributed by atoms with Gasteiger partial charge in [0.15, 0.2) is 0 Å². The fourth-order valence-electron chi connectivity index (χ4n) is 2.08. The van der Waals surface area contributed by atoms with Gasteiger partial charge in [0.25, 0.3) is 0 Å². The van der Waals surface area contributed by atoms with E-state index in [0.29, 0.717) is 22.9 Å². The average molecular weight is 319 g/mol. The van der Waals surface area contributed by atoms with Gasteiger partial charge in [-0.05, 0) is 24.8 Å². The minimum absolute atomic E-state index is 0.116. The molecule has 0 aliphatic carbocycles. The highest BCUT2D eigenvalue weighted by Crippen LogP contribution is 2.29. The van der Waals surface area contributed by atoms with Crippen molar-refractivity contribution in [1.82, 2.24) is 4.31 Å². The number of aliphatic hydroxyl groups is 1. The molecule has 0 atom stereocenters. The van der Waals surface area contributed by atoms with Crippen molar-refractivity contribution in [3.63, 3.8) is 0 Å². The van der Waals surface area contributed by atoms with E-state index in [4.69, 9.17) is 0 Å². The van der Waals surface area contributed by atoms with E-state index >= 15 is 0 Å². The van der Waals surface area contributed by atoms with Gasteiger partial charge in [-0.1, -0.05) is 27.7 Å². The Morgan fingerprint density at radius 1 is 1.20 bits per heavy atom. The minimum Gasteiger partial charge on any atom is -0.391 e. The number of rotatable bonds is 7.